The third kappa shape index (κ3) is 4.43. The van der Waals surface area contributed by atoms with Gasteiger partial charge in [0.05, 0.1) is 22.2 Å². The molecule has 1 aliphatic rings. The van der Waals surface area contributed by atoms with Crippen LogP contribution in [0.4, 0.5) is 11.4 Å². The van der Waals surface area contributed by atoms with Crippen LogP contribution in [0.3, 0.4) is 0 Å². The van der Waals surface area contributed by atoms with Gasteiger partial charge in [-0.25, -0.2) is 9.69 Å². The smallest absolute Gasteiger partial charge is 0.275 e. The summed E-state index contributed by atoms with van der Waals surface area (Å²) in [4.78, 5) is 39.8. The Balaban J connectivity index is 1.71. The van der Waals surface area contributed by atoms with Crippen LogP contribution in [0.15, 0.2) is 70.6 Å². The number of rotatable bonds is 6. The van der Waals surface area contributed by atoms with E-state index in [4.69, 9.17) is 0 Å². The van der Waals surface area contributed by atoms with Crippen LogP contribution in [-0.4, -0.2) is 26.3 Å². The molecule has 0 fully saturated rings. The number of nitro groups is 1. The topological polar surface area (TPSA) is 114 Å². The molecule has 0 aliphatic carbocycles. The first-order chi connectivity index (χ1) is 19.0. The minimum absolute atomic E-state index is 0.157. The Morgan fingerprint density at radius 3 is 2.08 bits per heavy atom. The average Bonchev–Trinajstić information content (AvgIpc) is 3.38. The Bertz CT molecular complexity index is 1760. The molecule has 0 saturated carbocycles. The van der Waals surface area contributed by atoms with Gasteiger partial charge in [0.1, 0.15) is 0 Å². The quantitative estimate of drug-likeness (QED) is 0.248. The van der Waals surface area contributed by atoms with Crippen LogP contribution >= 0.6 is 0 Å². The van der Waals surface area contributed by atoms with Crippen LogP contribution in [0.25, 0.3) is 5.69 Å². The molecule has 4 aromatic rings. The molecule has 1 aliphatic heterocycles. The molecule has 3 aromatic carbocycles. The molecule has 204 valence electrons. The number of para-hydroxylation sites is 1. The minimum atomic E-state index is -0.939. The van der Waals surface area contributed by atoms with Gasteiger partial charge in [-0.05, 0) is 88.1 Å². The van der Waals surface area contributed by atoms with Crippen LogP contribution in [0.2, 0.25) is 0 Å². The number of amides is 1. The summed E-state index contributed by atoms with van der Waals surface area (Å²) in [6.45, 7) is 11.4. The SMILES string of the molecule is CC1=NN(c2ccc(C)c(C)c2)C(=O)[C@@H]1[C@@H](c1ccccc1[N+](=O)[O-])c1c(C)[nH]n(-c2ccc(C)c(C)c2)c1=O. The molecule has 0 bridgehead atoms. The Morgan fingerprint density at radius 2 is 1.45 bits per heavy atom. The van der Waals surface area contributed by atoms with Crippen molar-refractivity contribution in [3.8, 4) is 5.69 Å². The zero-order valence-corrected chi connectivity index (χ0v) is 23.4. The Morgan fingerprint density at radius 1 is 0.850 bits per heavy atom. The lowest BCUT2D eigenvalue weighted by Crippen LogP contribution is -2.34. The third-order valence-corrected chi connectivity index (χ3v) is 7.90. The van der Waals surface area contributed by atoms with Crippen molar-refractivity contribution in [3.05, 3.63) is 120 Å². The zero-order valence-electron chi connectivity index (χ0n) is 23.4. The lowest BCUT2D eigenvalue weighted by atomic mass is 9.77. The number of carbonyl (C=O) groups is 1. The first-order valence-electron chi connectivity index (χ1n) is 13.1. The number of aryl methyl sites for hydroxylation is 5. The van der Waals surface area contributed by atoms with E-state index in [9.17, 15) is 19.7 Å². The summed E-state index contributed by atoms with van der Waals surface area (Å²) in [5.74, 6) is -2.20. The van der Waals surface area contributed by atoms with Gasteiger partial charge >= 0.3 is 0 Å². The van der Waals surface area contributed by atoms with E-state index in [2.05, 4.69) is 10.2 Å². The number of anilines is 1. The average molecular weight is 538 g/mol. The fourth-order valence-corrected chi connectivity index (χ4v) is 5.40. The number of benzene rings is 3. The lowest BCUT2D eigenvalue weighted by Gasteiger charge is -2.23. The number of nitro benzene ring substituents is 1. The van der Waals surface area contributed by atoms with E-state index in [1.165, 1.54) is 15.8 Å². The molecule has 5 rings (SSSR count). The largest absolute Gasteiger partial charge is 0.295 e. The number of hydrazone groups is 1. The highest BCUT2D eigenvalue weighted by atomic mass is 16.6. The summed E-state index contributed by atoms with van der Waals surface area (Å²) in [6.07, 6.45) is 0. The number of aromatic amines is 1. The summed E-state index contributed by atoms with van der Waals surface area (Å²) in [7, 11) is 0. The van der Waals surface area contributed by atoms with Crippen molar-refractivity contribution in [2.75, 3.05) is 5.01 Å². The van der Waals surface area contributed by atoms with Gasteiger partial charge in [0.15, 0.2) is 0 Å². The van der Waals surface area contributed by atoms with Gasteiger partial charge in [-0.15, -0.1) is 0 Å². The van der Waals surface area contributed by atoms with Gasteiger partial charge in [-0.1, -0.05) is 30.3 Å². The van der Waals surface area contributed by atoms with E-state index in [0.717, 1.165) is 22.3 Å². The number of aromatic nitrogens is 2. The van der Waals surface area contributed by atoms with E-state index in [-0.39, 0.29) is 22.7 Å². The van der Waals surface area contributed by atoms with E-state index in [1.807, 2.05) is 64.1 Å². The Kier molecular flexibility index (Phi) is 6.75. The van der Waals surface area contributed by atoms with Gasteiger partial charge < -0.3 is 0 Å². The summed E-state index contributed by atoms with van der Waals surface area (Å²) in [5.41, 5.74) is 6.51. The molecule has 0 radical (unpaired) electrons. The molecule has 0 spiro atoms. The van der Waals surface area contributed by atoms with Crippen molar-refractivity contribution in [2.24, 2.45) is 11.0 Å². The van der Waals surface area contributed by atoms with Gasteiger partial charge in [-0.3, -0.25) is 24.8 Å². The second-order valence-electron chi connectivity index (χ2n) is 10.5. The number of nitrogens with one attached hydrogen (secondary N) is 1. The molecule has 9 nitrogen and oxygen atoms in total. The van der Waals surface area contributed by atoms with Gasteiger partial charge in [0.2, 0.25) is 0 Å². The lowest BCUT2D eigenvalue weighted by molar-refractivity contribution is -0.385. The highest BCUT2D eigenvalue weighted by molar-refractivity contribution is 6.15. The van der Waals surface area contributed by atoms with E-state index < -0.39 is 16.8 Å². The zero-order chi connectivity index (χ0) is 28.9. The Labute approximate surface area is 231 Å². The van der Waals surface area contributed by atoms with Crippen molar-refractivity contribution < 1.29 is 9.72 Å². The maximum absolute atomic E-state index is 14.1. The normalized spacial score (nSPS) is 15.8. The fourth-order valence-electron chi connectivity index (χ4n) is 5.40. The number of hydrogen-bond donors (Lipinski definition) is 1. The molecule has 0 unspecified atom stereocenters. The Hall–Kier alpha value is -4.79. The summed E-state index contributed by atoms with van der Waals surface area (Å²) in [6, 6.07) is 17.6. The van der Waals surface area contributed by atoms with Crippen LogP contribution in [-0.2, 0) is 4.79 Å². The van der Waals surface area contributed by atoms with Crippen molar-refractivity contribution in [3.63, 3.8) is 0 Å². The first kappa shape index (κ1) is 26.8. The standard InChI is InChI=1S/C31H31N5O4/c1-17-11-13-23(15-19(17)3)34-30(37)27(21(5)32-34)29(25-9-7-8-10-26(25)36(39)40)28-22(6)33-35(31(28)38)24-14-12-18(2)20(4)16-24/h7-16,27,29,33H,1-6H3/t27-,29+/m0/s1. The molecule has 2 heterocycles. The second-order valence-corrected chi connectivity index (χ2v) is 10.5. The fraction of sp³-hybridized carbons (Fsp3) is 0.258. The van der Waals surface area contributed by atoms with Gasteiger partial charge in [-0.2, -0.15) is 5.10 Å². The van der Waals surface area contributed by atoms with E-state index in [1.54, 1.807) is 32.0 Å². The monoisotopic (exact) mass is 537 g/mol. The predicted molar refractivity (Wildman–Crippen MR) is 156 cm³/mol. The highest BCUT2D eigenvalue weighted by Crippen LogP contribution is 2.41. The second kappa shape index (κ2) is 10.1. The summed E-state index contributed by atoms with van der Waals surface area (Å²) in [5, 5.41) is 21.2. The number of H-pyrrole nitrogens is 1. The maximum atomic E-state index is 14.1. The number of nitrogens with zero attached hydrogens (tertiary/aromatic N) is 4. The van der Waals surface area contributed by atoms with Crippen LogP contribution < -0.4 is 10.6 Å². The van der Waals surface area contributed by atoms with Crippen LogP contribution in [0, 0.1) is 50.7 Å². The summed E-state index contributed by atoms with van der Waals surface area (Å²) >= 11 is 0. The first-order valence-corrected chi connectivity index (χ1v) is 13.1. The molecule has 9 heteroatoms. The maximum Gasteiger partial charge on any atom is 0.275 e. The van der Waals surface area contributed by atoms with E-state index in [0.29, 0.717) is 28.3 Å². The van der Waals surface area contributed by atoms with Crippen molar-refractivity contribution in [2.45, 2.75) is 47.5 Å². The molecular formula is C31H31N5O4. The molecule has 2 atom stereocenters. The molecule has 0 saturated heterocycles. The molecular weight excluding hydrogens is 506 g/mol. The highest BCUT2D eigenvalue weighted by Gasteiger charge is 2.45. The molecule has 1 aromatic heterocycles. The van der Waals surface area contributed by atoms with Crippen molar-refractivity contribution >= 4 is 23.0 Å². The van der Waals surface area contributed by atoms with Gasteiger partial charge in [0.25, 0.3) is 17.2 Å². The molecule has 1 N–H and O–H groups in total. The molecule has 40 heavy (non-hydrogen) atoms. The van der Waals surface area contributed by atoms with Crippen molar-refractivity contribution in [1.82, 2.24) is 9.78 Å². The number of hydrogen-bond acceptors (Lipinski definition) is 5. The van der Waals surface area contributed by atoms with Crippen LogP contribution in [0.1, 0.15) is 51.9 Å². The van der Waals surface area contributed by atoms with Gasteiger partial charge in [0, 0.05) is 34.5 Å². The summed E-state index contributed by atoms with van der Waals surface area (Å²) < 4.78 is 1.44. The van der Waals surface area contributed by atoms with Crippen LogP contribution in [0.5, 0.6) is 0 Å². The third-order valence-electron chi connectivity index (χ3n) is 7.90. The number of carbonyl (C=O) groups excluding carboxylic acids is 1. The van der Waals surface area contributed by atoms with Crippen molar-refractivity contribution in [1.29, 1.82) is 0 Å². The van der Waals surface area contributed by atoms with E-state index >= 15 is 0 Å². The predicted octanol–water partition coefficient (Wildman–Crippen LogP) is 5.79. The molecule has 1 amide bonds. The minimum Gasteiger partial charge on any atom is -0.295 e.